The summed E-state index contributed by atoms with van der Waals surface area (Å²) in [5.41, 5.74) is 3.42. The van der Waals surface area contributed by atoms with E-state index in [2.05, 4.69) is 10.5 Å². The quantitative estimate of drug-likeness (QED) is 0.628. The van der Waals surface area contributed by atoms with E-state index in [1.165, 1.54) is 0 Å². The SMILES string of the molecule is COc1ccc(/C=N\NC(=O)CN2CCOCC2)cc1. The molecule has 0 radical (unpaired) electrons. The molecule has 1 heterocycles. The summed E-state index contributed by atoms with van der Waals surface area (Å²) >= 11 is 0. The van der Waals surface area contributed by atoms with Crippen molar-refractivity contribution in [1.82, 2.24) is 10.3 Å². The number of benzene rings is 1. The molecule has 0 spiro atoms. The first-order valence-electron chi connectivity index (χ1n) is 6.54. The molecular weight excluding hydrogens is 258 g/mol. The lowest BCUT2D eigenvalue weighted by molar-refractivity contribution is -0.123. The molecule has 1 aromatic carbocycles. The Morgan fingerprint density at radius 2 is 2.10 bits per heavy atom. The van der Waals surface area contributed by atoms with Gasteiger partial charge >= 0.3 is 0 Å². The third kappa shape index (κ3) is 4.64. The van der Waals surface area contributed by atoms with Gasteiger partial charge in [-0.3, -0.25) is 9.69 Å². The van der Waals surface area contributed by atoms with Crippen LogP contribution in [0.2, 0.25) is 0 Å². The second kappa shape index (κ2) is 7.62. The van der Waals surface area contributed by atoms with Gasteiger partial charge in [0, 0.05) is 13.1 Å². The van der Waals surface area contributed by atoms with Crippen molar-refractivity contribution >= 4 is 12.1 Å². The zero-order valence-corrected chi connectivity index (χ0v) is 11.5. The second-order valence-electron chi connectivity index (χ2n) is 4.45. The first kappa shape index (κ1) is 14.5. The van der Waals surface area contributed by atoms with Crippen LogP contribution in [0.15, 0.2) is 29.4 Å². The van der Waals surface area contributed by atoms with Gasteiger partial charge in [-0.05, 0) is 29.8 Å². The van der Waals surface area contributed by atoms with Gasteiger partial charge in [-0.25, -0.2) is 5.43 Å². The first-order valence-corrected chi connectivity index (χ1v) is 6.54. The molecule has 108 valence electrons. The van der Waals surface area contributed by atoms with E-state index in [1.807, 2.05) is 29.2 Å². The highest BCUT2D eigenvalue weighted by Crippen LogP contribution is 2.09. The Labute approximate surface area is 118 Å². The van der Waals surface area contributed by atoms with Crippen LogP contribution in [0, 0.1) is 0 Å². The van der Waals surface area contributed by atoms with E-state index >= 15 is 0 Å². The fourth-order valence-electron chi connectivity index (χ4n) is 1.87. The van der Waals surface area contributed by atoms with Gasteiger partial charge in [0.05, 0.1) is 33.1 Å². The number of rotatable bonds is 5. The Balaban J connectivity index is 1.75. The van der Waals surface area contributed by atoms with Crippen LogP contribution in [0.3, 0.4) is 0 Å². The fraction of sp³-hybridized carbons (Fsp3) is 0.429. The second-order valence-corrected chi connectivity index (χ2v) is 4.45. The maximum absolute atomic E-state index is 11.7. The molecule has 0 bridgehead atoms. The van der Waals surface area contributed by atoms with Crippen molar-refractivity contribution in [3.63, 3.8) is 0 Å². The minimum atomic E-state index is -0.114. The highest BCUT2D eigenvalue weighted by molar-refractivity contribution is 5.83. The highest BCUT2D eigenvalue weighted by atomic mass is 16.5. The Kier molecular flexibility index (Phi) is 5.52. The van der Waals surface area contributed by atoms with E-state index in [0.29, 0.717) is 19.8 Å². The maximum atomic E-state index is 11.7. The van der Waals surface area contributed by atoms with Crippen molar-refractivity contribution in [3.05, 3.63) is 29.8 Å². The van der Waals surface area contributed by atoms with Gasteiger partial charge in [0.15, 0.2) is 0 Å². The molecule has 1 N–H and O–H groups in total. The van der Waals surface area contributed by atoms with Crippen molar-refractivity contribution in [2.45, 2.75) is 0 Å². The molecule has 1 saturated heterocycles. The number of amides is 1. The van der Waals surface area contributed by atoms with Gasteiger partial charge in [0.2, 0.25) is 0 Å². The van der Waals surface area contributed by atoms with Gasteiger partial charge in [-0.2, -0.15) is 5.10 Å². The summed E-state index contributed by atoms with van der Waals surface area (Å²) in [5.74, 6) is 0.676. The Hall–Kier alpha value is -1.92. The Bertz CT molecular complexity index is 453. The number of morpholine rings is 1. The number of carbonyl (C=O) groups is 1. The largest absolute Gasteiger partial charge is 0.497 e. The van der Waals surface area contributed by atoms with Gasteiger partial charge < -0.3 is 9.47 Å². The van der Waals surface area contributed by atoms with E-state index in [4.69, 9.17) is 9.47 Å². The van der Waals surface area contributed by atoms with Crippen LogP contribution in [0.1, 0.15) is 5.56 Å². The van der Waals surface area contributed by atoms with Crippen molar-refractivity contribution < 1.29 is 14.3 Å². The highest BCUT2D eigenvalue weighted by Gasteiger charge is 2.13. The summed E-state index contributed by atoms with van der Waals surface area (Å²) in [7, 11) is 1.62. The average molecular weight is 277 g/mol. The molecule has 1 amide bonds. The molecule has 1 fully saturated rings. The number of methoxy groups -OCH3 is 1. The molecule has 0 aliphatic carbocycles. The number of ether oxygens (including phenoxy) is 2. The number of carbonyl (C=O) groups excluding carboxylic acids is 1. The summed E-state index contributed by atoms with van der Waals surface area (Å²) in [6, 6.07) is 7.43. The molecule has 1 aromatic rings. The van der Waals surface area contributed by atoms with Crippen LogP contribution >= 0.6 is 0 Å². The average Bonchev–Trinajstić information content (AvgIpc) is 2.49. The predicted molar refractivity (Wildman–Crippen MR) is 76.0 cm³/mol. The molecule has 6 heteroatoms. The Morgan fingerprint density at radius 1 is 1.40 bits per heavy atom. The Morgan fingerprint density at radius 3 is 2.75 bits per heavy atom. The normalized spacial score (nSPS) is 16.2. The van der Waals surface area contributed by atoms with Crippen molar-refractivity contribution in [2.75, 3.05) is 40.0 Å². The van der Waals surface area contributed by atoms with Crippen LogP contribution in [0.4, 0.5) is 0 Å². The maximum Gasteiger partial charge on any atom is 0.254 e. The minimum absolute atomic E-state index is 0.114. The minimum Gasteiger partial charge on any atom is -0.497 e. The standard InChI is InChI=1S/C14H19N3O3/c1-19-13-4-2-12(3-5-13)10-15-16-14(18)11-17-6-8-20-9-7-17/h2-5,10H,6-9,11H2,1H3,(H,16,18)/b15-10-. The summed E-state index contributed by atoms with van der Waals surface area (Å²) in [4.78, 5) is 13.7. The van der Waals surface area contributed by atoms with E-state index in [9.17, 15) is 4.79 Å². The van der Waals surface area contributed by atoms with Crippen molar-refractivity contribution in [2.24, 2.45) is 5.10 Å². The smallest absolute Gasteiger partial charge is 0.254 e. The van der Waals surface area contributed by atoms with E-state index in [0.717, 1.165) is 24.4 Å². The molecule has 6 nitrogen and oxygen atoms in total. The van der Waals surface area contributed by atoms with Gasteiger partial charge in [-0.1, -0.05) is 0 Å². The predicted octanol–water partition coefficient (Wildman–Crippen LogP) is 0.477. The third-order valence-electron chi connectivity index (χ3n) is 2.99. The molecule has 0 saturated carbocycles. The lowest BCUT2D eigenvalue weighted by Crippen LogP contribution is -2.42. The fourth-order valence-corrected chi connectivity index (χ4v) is 1.87. The lowest BCUT2D eigenvalue weighted by Gasteiger charge is -2.25. The molecular formula is C14H19N3O3. The zero-order chi connectivity index (χ0) is 14.2. The van der Waals surface area contributed by atoms with Crippen LogP contribution in [0.5, 0.6) is 5.75 Å². The number of hydrogen-bond acceptors (Lipinski definition) is 5. The number of nitrogens with zero attached hydrogens (tertiary/aromatic N) is 2. The van der Waals surface area contributed by atoms with E-state index in [1.54, 1.807) is 13.3 Å². The summed E-state index contributed by atoms with van der Waals surface area (Å²) < 4.78 is 10.3. The van der Waals surface area contributed by atoms with Gasteiger partial charge in [-0.15, -0.1) is 0 Å². The molecule has 0 aromatic heterocycles. The summed E-state index contributed by atoms with van der Waals surface area (Å²) in [5, 5.41) is 3.94. The molecule has 2 rings (SSSR count). The zero-order valence-electron chi connectivity index (χ0n) is 11.5. The summed E-state index contributed by atoms with van der Waals surface area (Å²) in [6.07, 6.45) is 1.61. The van der Waals surface area contributed by atoms with Crippen LogP contribution < -0.4 is 10.2 Å². The van der Waals surface area contributed by atoms with Gasteiger partial charge in [0.25, 0.3) is 5.91 Å². The topological polar surface area (TPSA) is 63.2 Å². The van der Waals surface area contributed by atoms with Crippen LogP contribution in [-0.2, 0) is 9.53 Å². The number of hydrazone groups is 1. The van der Waals surface area contributed by atoms with E-state index < -0.39 is 0 Å². The van der Waals surface area contributed by atoms with Gasteiger partial charge in [0.1, 0.15) is 5.75 Å². The molecule has 0 atom stereocenters. The molecule has 0 unspecified atom stereocenters. The number of nitrogens with one attached hydrogen (secondary N) is 1. The number of hydrogen-bond donors (Lipinski definition) is 1. The third-order valence-corrected chi connectivity index (χ3v) is 2.99. The van der Waals surface area contributed by atoms with E-state index in [-0.39, 0.29) is 5.91 Å². The van der Waals surface area contributed by atoms with Crippen molar-refractivity contribution in [3.8, 4) is 5.75 Å². The first-order chi connectivity index (χ1) is 9.78. The van der Waals surface area contributed by atoms with Crippen LogP contribution in [-0.4, -0.2) is 57.0 Å². The summed E-state index contributed by atoms with van der Waals surface area (Å²) in [6.45, 7) is 3.29. The van der Waals surface area contributed by atoms with Crippen LogP contribution in [0.25, 0.3) is 0 Å². The monoisotopic (exact) mass is 277 g/mol. The lowest BCUT2D eigenvalue weighted by atomic mass is 10.2. The van der Waals surface area contributed by atoms with Crippen molar-refractivity contribution in [1.29, 1.82) is 0 Å². The molecule has 1 aliphatic rings. The molecule has 1 aliphatic heterocycles. The molecule has 20 heavy (non-hydrogen) atoms.